The van der Waals surface area contributed by atoms with Crippen LogP contribution in [0, 0.1) is 13.8 Å². The van der Waals surface area contributed by atoms with Crippen molar-refractivity contribution in [1.82, 2.24) is 20.2 Å². The van der Waals surface area contributed by atoms with E-state index in [-0.39, 0.29) is 11.4 Å². The zero-order valence-corrected chi connectivity index (χ0v) is 13.2. The molecule has 1 saturated carbocycles. The van der Waals surface area contributed by atoms with Crippen LogP contribution in [0.25, 0.3) is 5.69 Å². The normalized spacial score (nSPS) is 22.4. The van der Waals surface area contributed by atoms with Crippen LogP contribution in [0.1, 0.15) is 36.8 Å². The van der Waals surface area contributed by atoms with E-state index in [1.165, 1.54) is 6.42 Å². The number of thioether (sulfide) groups is 1. The van der Waals surface area contributed by atoms with Crippen LogP contribution in [-0.4, -0.2) is 36.7 Å². The van der Waals surface area contributed by atoms with E-state index in [0.29, 0.717) is 0 Å². The Morgan fingerprint density at radius 3 is 2.62 bits per heavy atom. The Hall–Kier alpha value is -1.40. The molecule has 0 aliphatic heterocycles. The van der Waals surface area contributed by atoms with Gasteiger partial charge in [-0.2, -0.15) is 4.68 Å². The van der Waals surface area contributed by atoms with Gasteiger partial charge in [0.15, 0.2) is 0 Å². The highest BCUT2D eigenvalue weighted by Crippen LogP contribution is 2.34. The highest BCUT2D eigenvalue weighted by molar-refractivity contribution is 7.99. The molecule has 1 aromatic carbocycles. The maximum absolute atomic E-state index is 10.1. The molecular formula is C15H20N4OS. The number of hydrogen-bond acceptors (Lipinski definition) is 5. The smallest absolute Gasteiger partial charge is 0.214 e. The summed E-state index contributed by atoms with van der Waals surface area (Å²) in [7, 11) is 0. The summed E-state index contributed by atoms with van der Waals surface area (Å²) in [5.74, 6) is 0. The second kappa shape index (κ2) is 6.15. The van der Waals surface area contributed by atoms with Crippen LogP contribution in [0.15, 0.2) is 23.4 Å². The van der Waals surface area contributed by atoms with E-state index in [9.17, 15) is 5.11 Å². The molecule has 1 aliphatic rings. The van der Waals surface area contributed by atoms with Crippen LogP contribution in [0.4, 0.5) is 0 Å². The molecule has 1 fully saturated rings. The van der Waals surface area contributed by atoms with E-state index >= 15 is 0 Å². The van der Waals surface area contributed by atoms with E-state index < -0.39 is 0 Å². The average molecular weight is 304 g/mol. The number of aryl methyl sites for hydroxylation is 2. The van der Waals surface area contributed by atoms with E-state index in [1.807, 2.05) is 6.07 Å². The van der Waals surface area contributed by atoms with Crippen molar-refractivity contribution in [3.8, 4) is 5.69 Å². The first-order chi connectivity index (χ1) is 10.2. The number of para-hydroxylation sites is 1. The van der Waals surface area contributed by atoms with Gasteiger partial charge >= 0.3 is 0 Å². The minimum Gasteiger partial charge on any atom is -0.392 e. The second-order valence-electron chi connectivity index (χ2n) is 5.62. The van der Waals surface area contributed by atoms with Crippen molar-refractivity contribution in [2.75, 3.05) is 0 Å². The largest absolute Gasteiger partial charge is 0.392 e. The molecule has 1 heterocycles. The zero-order valence-electron chi connectivity index (χ0n) is 12.4. The quantitative estimate of drug-likeness (QED) is 0.944. The molecule has 0 radical (unpaired) electrons. The topological polar surface area (TPSA) is 63.8 Å². The standard InChI is InChI=1S/C15H20N4OS/c1-10-6-5-7-11(2)14(10)19-15(16-17-18-19)21-13-9-4-3-8-12(13)20/h5-7,12-13,20H,3-4,8-9H2,1-2H3. The van der Waals surface area contributed by atoms with Crippen molar-refractivity contribution in [3.63, 3.8) is 0 Å². The van der Waals surface area contributed by atoms with Gasteiger partial charge in [-0.3, -0.25) is 0 Å². The summed E-state index contributed by atoms with van der Waals surface area (Å²) in [6, 6.07) is 6.16. The number of nitrogens with zero attached hydrogens (tertiary/aromatic N) is 4. The Bertz CT molecular complexity index is 608. The molecule has 2 aromatic rings. The number of rotatable bonds is 3. The molecule has 0 spiro atoms. The Kier molecular flexibility index (Phi) is 4.26. The van der Waals surface area contributed by atoms with Crippen molar-refractivity contribution in [2.24, 2.45) is 0 Å². The lowest BCUT2D eigenvalue weighted by molar-refractivity contribution is 0.137. The second-order valence-corrected chi connectivity index (χ2v) is 6.83. The first-order valence-corrected chi connectivity index (χ1v) is 8.24. The fourth-order valence-corrected chi connectivity index (χ4v) is 4.04. The highest BCUT2D eigenvalue weighted by Gasteiger charge is 2.26. The van der Waals surface area contributed by atoms with Gasteiger partial charge in [-0.15, -0.1) is 5.10 Å². The molecule has 0 saturated heterocycles. The first kappa shape index (κ1) is 14.5. The molecule has 21 heavy (non-hydrogen) atoms. The Morgan fingerprint density at radius 1 is 1.19 bits per heavy atom. The Morgan fingerprint density at radius 2 is 1.90 bits per heavy atom. The molecule has 1 N–H and O–H groups in total. The summed E-state index contributed by atoms with van der Waals surface area (Å²) >= 11 is 1.60. The van der Waals surface area contributed by atoms with E-state index in [4.69, 9.17) is 0 Å². The third-order valence-corrected chi connectivity index (χ3v) is 5.33. The number of aliphatic hydroxyl groups excluding tert-OH is 1. The number of benzene rings is 1. The van der Waals surface area contributed by atoms with Crippen LogP contribution in [0.3, 0.4) is 0 Å². The Balaban J connectivity index is 1.90. The van der Waals surface area contributed by atoms with Crippen molar-refractivity contribution in [2.45, 2.75) is 56.0 Å². The zero-order chi connectivity index (χ0) is 14.8. The monoisotopic (exact) mass is 304 g/mol. The maximum Gasteiger partial charge on any atom is 0.214 e. The maximum atomic E-state index is 10.1. The van der Waals surface area contributed by atoms with Crippen LogP contribution in [0.2, 0.25) is 0 Å². The van der Waals surface area contributed by atoms with Crippen LogP contribution in [0.5, 0.6) is 0 Å². The van der Waals surface area contributed by atoms with E-state index in [0.717, 1.165) is 41.2 Å². The van der Waals surface area contributed by atoms with E-state index in [1.54, 1.807) is 16.4 Å². The van der Waals surface area contributed by atoms with Gasteiger partial charge in [0.25, 0.3) is 0 Å². The molecule has 112 valence electrons. The molecule has 2 unspecified atom stereocenters. The molecule has 0 amide bonds. The fourth-order valence-electron chi connectivity index (χ4n) is 2.88. The summed E-state index contributed by atoms with van der Waals surface area (Å²) in [5.41, 5.74) is 3.33. The Labute approximate surface area is 128 Å². The lowest BCUT2D eigenvalue weighted by Gasteiger charge is -2.26. The highest BCUT2D eigenvalue weighted by atomic mass is 32.2. The summed E-state index contributed by atoms with van der Waals surface area (Å²) in [6.45, 7) is 4.13. The van der Waals surface area contributed by atoms with Gasteiger partial charge in [0.1, 0.15) is 0 Å². The predicted octanol–water partition coefficient (Wildman–Crippen LogP) is 2.67. The molecular weight excluding hydrogens is 284 g/mol. The van der Waals surface area contributed by atoms with Gasteiger partial charge in [-0.1, -0.05) is 42.8 Å². The van der Waals surface area contributed by atoms with Gasteiger partial charge < -0.3 is 5.11 Å². The lowest BCUT2D eigenvalue weighted by atomic mass is 9.97. The van der Waals surface area contributed by atoms with Gasteiger partial charge in [-0.05, 0) is 48.2 Å². The number of tetrazole rings is 1. The van der Waals surface area contributed by atoms with Crippen molar-refractivity contribution in [3.05, 3.63) is 29.3 Å². The molecule has 1 aliphatic carbocycles. The van der Waals surface area contributed by atoms with Crippen molar-refractivity contribution in [1.29, 1.82) is 0 Å². The molecule has 3 rings (SSSR count). The minimum atomic E-state index is -0.258. The van der Waals surface area contributed by atoms with Crippen LogP contribution < -0.4 is 0 Å². The van der Waals surface area contributed by atoms with Gasteiger partial charge in [0, 0.05) is 5.25 Å². The number of aromatic nitrogens is 4. The summed E-state index contributed by atoms with van der Waals surface area (Å²) in [5, 5.41) is 23.2. The summed E-state index contributed by atoms with van der Waals surface area (Å²) < 4.78 is 1.80. The molecule has 2 atom stereocenters. The molecule has 0 bridgehead atoms. The molecule has 1 aromatic heterocycles. The first-order valence-electron chi connectivity index (χ1n) is 7.36. The fraction of sp³-hybridized carbons (Fsp3) is 0.533. The van der Waals surface area contributed by atoms with Gasteiger partial charge in [-0.25, -0.2) is 0 Å². The molecule has 6 heteroatoms. The average Bonchev–Trinajstić information content (AvgIpc) is 2.89. The number of hydrogen-bond donors (Lipinski definition) is 1. The minimum absolute atomic E-state index is 0.188. The van der Waals surface area contributed by atoms with Crippen LogP contribution >= 0.6 is 11.8 Å². The van der Waals surface area contributed by atoms with Crippen LogP contribution in [-0.2, 0) is 0 Å². The van der Waals surface area contributed by atoms with Gasteiger partial charge in [0.2, 0.25) is 5.16 Å². The van der Waals surface area contributed by atoms with E-state index in [2.05, 4.69) is 41.5 Å². The third-order valence-electron chi connectivity index (χ3n) is 4.02. The third kappa shape index (κ3) is 2.96. The SMILES string of the molecule is Cc1cccc(C)c1-n1nnnc1SC1CCCCC1O. The van der Waals surface area contributed by atoms with Gasteiger partial charge in [0.05, 0.1) is 11.8 Å². The van der Waals surface area contributed by atoms with Crippen molar-refractivity contribution < 1.29 is 5.11 Å². The summed E-state index contributed by atoms with van der Waals surface area (Å²) in [6.07, 6.45) is 3.92. The molecule has 5 nitrogen and oxygen atoms in total. The van der Waals surface area contributed by atoms with Crippen molar-refractivity contribution >= 4 is 11.8 Å². The summed E-state index contributed by atoms with van der Waals surface area (Å²) in [4.78, 5) is 0. The predicted molar refractivity (Wildman–Crippen MR) is 82.7 cm³/mol. The lowest BCUT2D eigenvalue weighted by Crippen LogP contribution is -2.27. The number of aliphatic hydroxyl groups is 1.